The van der Waals surface area contributed by atoms with Gasteiger partial charge in [-0.15, -0.1) is 0 Å². The first-order valence-electron chi connectivity index (χ1n) is 14.2. The molecule has 0 bridgehead atoms. The molecule has 0 fully saturated rings. The number of carboxylic acids is 1. The average Bonchev–Trinajstić information content (AvgIpc) is 2.74. The summed E-state index contributed by atoms with van der Waals surface area (Å²) >= 11 is 0. The SMILES string of the molecule is CC(=O)[O-].CCCCCCCC/C=C\CCCCCCCCCCCC(=O)N[N+](C)(C)CCC. The molecule has 5 heteroatoms. The monoisotopic (exact) mass is 482 g/mol. The quantitative estimate of drug-likeness (QED) is 0.0793. The van der Waals surface area contributed by atoms with Crippen molar-refractivity contribution < 1.29 is 19.3 Å². The van der Waals surface area contributed by atoms with Crippen molar-refractivity contribution in [3.63, 3.8) is 0 Å². The van der Waals surface area contributed by atoms with Crippen molar-refractivity contribution in [3.05, 3.63) is 12.2 Å². The van der Waals surface area contributed by atoms with Crippen molar-refractivity contribution in [1.29, 1.82) is 0 Å². The Balaban J connectivity index is 0. The van der Waals surface area contributed by atoms with Gasteiger partial charge in [-0.3, -0.25) is 4.79 Å². The fourth-order valence-corrected chi connectivity index (χ4v) is 4.07. The Labute approximate surface area is 212 Å². The molecule has 0 atom stereocenters. The molecule has 0 saturated carbocycles. The van der Waals surface area contributed by atoms with Crippen LogP contribution in [-0.4, -0.2) is 37.1 Å². The Kier molecular flexibility index (Phi) is 26.9. The van der Waals surface area contributed by atoms with Gasteiger partial charge >= 0.3 is 0 Å². The number of nitrogens with zero attached hydrogens (tertiary/aromatic N) is 1. The topological polar surface area (TPSA) is 69.2 Å². The maximum Gasteiger partial charge on any atom is 0.264 e. The molecule has 0 aliphatic rings. The maximum absolute atomic E-state index is 12.0. The zero-order chi connectivity index (χ0) is 25.9. The lowest BCUT2D eigenvalue weighted by molar-refractivity contribution is -0.925. The number of carbonyl (C=O) groups is 2. The van der Waals surface area contributed by atoms with E-state index in [1.54, 1.807) is 0 Å². The highest BCUT2D eigenvalue weighted by Crippen LogP contribution is 2.12. The standard InChI is InChI=1S/C27H54N2O.C2H4O2/c1-5-7-8-9-10-11-12-13-14-15-16-17-18-19-20-21-22-23-24-25-27(30)28-29(3,4)26-6-2;1-2(3)4/h13-14H,5-12,15-26H2,1-4H3;1H3,(H,3,4)/b14-13-;. The number of allylic oxidation sites excluding steroid dienone is 2. The molecule has 0 aromatic heterocycles. The maximum atomic E-state index is 12.0. The van der Waals surface area contributed by atoms with Gasteiger partial charge in [-0.25, -0.2) is 10.0 Å². The predicted molar refractivity (Wildman–Crippen MR) is 144 cm³/mol. The summed E-state index contributed by atoms with van der Waals surface area (Å²) in [6, 6.07) is 0. The van der Waals surface area contributed by atoms with Gasteiger partial charge < -0.3 is 9.90 Å². The van der Waals surface area contributed by atoms with Crippen LogP contribution < -0.4 is 10.5 Å². The first-order chi connectivity index (χ1) is 16.2. The molecule has 0 spiro atoms. The van der Waals surface area contributed by atoms with Crippen molar-refractivity contribution in [1.82, 2.24) is 5.43 Å². The van der Waals surface area contributed by atoms with E-state index in [1.165, 1.54) is 103 Å². The molecule has 0 aromatic carbocycles. The van der Waals surface area contributed by atoms with Crippen molar-refractivity contribution in [2.24, 2.45) is 0 Å². The number of carbonyl (C=O) groups excluding carboxylic acids is 2. The Bertz CT molecular complexity index is 486. The van der Waals surface area contributed by atoms with Gasteiger partial charge in [0, 0.05) is 12.4 Å². The van der Waals surface area contributed by atoms with Crippen LogP contribution in [0, 0.1) is 0 Å². The molecule has 0 aliphatic carbocycles. The second kappa shape index (κ2) is 26.2. The molecule has 0 rings (SSSR count). The Morgan fingerprint density at radius 3 is 1.47 bits per heavy atom. The van der Waals surface area contributed by atoms with Crippen LogP contribution in [0.4, 0.5) is 0 Å². The average molecular weight is 483 g/mol. The van der Waals surface area contributed by atoms with E-state index in [1.807, 2.05) is 0 Å². The minimum absolute atomic E-state index is 0.203. The third-order valence-corrected chi connectivity index (χ3v) is 5.88. The van der Waals surface area contributed by atoms with Crippen molar-refractivity contribution in [3.8, 4) is 0 Å². The van der Waals surface area contributed by atoms with E-state index in [2.05, 4.69) is 45.5 Å². The lowest BCUT2D eigenvalue weighted by Gasteiger charge is -2.28. The summed E-state index contributed by atoms with van der Waals surface area (Å²) in [5.41, 5.74) is 3.11. The molecule has 0 aromatic rings. The van der Waals surface area contributed by atoms with Crippen LogP contribution in [0.25, 0.3) is 0 Å². The summed E-state index contributed by atoms with van der Waals surface area (Å²) in [6.07, 6.45) is 29.2. The van der Waals surface area contributed by atoms with Gasteiger partial charge in [0.15, 0.2) is 0 Å². The largest absolute Gasteiger partial charge is 0.550 e. The van der Waals surface area contributed by atoms with Crippen molar-refractivity contribution in [2.45, 2.75) is 143 Å². The molecular weight excluding hydrogens is 424 g/mol. The molecular formula is C29H58N2O3. The molecule has 202 valence electrons. The van der Waals surface area contributed by atoms with E-state index in [-0.39, 0.29) is 5.91 Å². The molecule has 0 radical (unpaired) electrons. The second-order valence-corrected chi connectivity index (χ2v) is 10.2. The number of quaternary nitrogens is 1. The summed E-state index contributed by atoms with van der Waals surface area (Å²) < 4.78 is 0.601. The summed E-state index contributed by atoms with van der Waals surface area (Å²) in [6.45, 7) is 6.39. The number of rotatable bonds is 22. The third-order valence-electron chi connectivity index (χ3n) is 5.88. The predicted octanol–water partition coefficient (Wildman–Crippen LogP) is 6.86. The van der Waals surface area contributed by atoms with Gasteiger partial charge in [0.05, 0.1) is 14.1 Å². The highest BCUT2D eigenvalue weighted by atomic mass is 16.4. The molecule has 1 N–H and O–H groups in total. The Morgan fingerprint density at radius 2 is 1.06 bits per heavy atom. The minimum Gasteiger partial charge on any atom is -0.550 e. The fraction of sp³-hybridized carbons (Fsp3) is 0.862. The van der Waals surface area contributed by atoms with E-state index >= 15 is 0 Å². The van der Waals surface area contributed by atoms with Crippen LogP contribution in [0.1, 0.15) is 143 Å². The van der Waals surface area contributed by atoms with Crippen LogP contribution in [0.2, 0.25) is 0 Å². The number of aliphatic carboxylic acids is 1. The molecule has 5 nitrogen and oxygen atoms in total. The van der Waals surface area contributed by atoms with Crippen LogP contribution in [0.3, 0.4) is 0 Å². The Morgan fingerprint density at radius 1 is 0.676 bits per heavy atom. The Hall–Kier alpha value is -1.36. The van der Waals surface area contributed by atoms with Crippen LogP contribution >= 0.6 is 0 Å². The molecule has 0 heterocycles. The summed E-state index contributed by atoms with van der Waals surface area (Å²) in [5.74, 6) is -0.880. The van der Waals surface area contributed by atoms with Gasteiger partial charge in [-0.1, -0.05) is 103 Å². The smallest absolute Gasteiger partial charge is 0.264 e. The van der Waals surface area contributed by atoms with Gasteiger partial charge in [-0.05, 0) is 45.4 Å². The summed E-state index contributed by atoms with van der Waals surface area (Å²) in [7, 11) is 4.13. The van der Waals surface area contributed by atoms with E-state index in [9.17, 15) is 4.79 Å². The van der Waals surface area contributed by atoms with Gasteiger partial charge in [0.25, 0.3) is 5.91 Å². The van der Waals surface area contributed by atoms with E-state index < -0.39 is 5.97 Å². The van der Waals surface area contributed by atoms with E-state index in [0.29, 0.717) is 11.0 Å². The van der Waals surface area contributed by atoms with E-state index in [0.717, 1.165) is 26.3 Å². The number of unbranched alkanes of at least 4 members (excludes halogenated alkanes) is 15. The highest BCUT2D eigenvalue weighted by Gasteiger charge is 2.16. The number of hydrogen-bond donors (Lipinski definition) is 1. The number of nitrogens with one attached hydrogen (secondary N) is 1. The third kappa shape index (κ3) is 32.8. The normalized spacial score (nSPS) is 11.3. The molecule has 34 heavy (non-hydrogen) atoms. The van der Waals surface area contributed by atoms with Crippen LogP contribution in [0.15, 0.2) is 12.2 Å². The molecule has 1 amide bonds. The van der Waals surface area contributed by atoms with Crippen molar-refractivity contribution in [2.75, 3.05) is 20.6 Å². The first-order valence-corrected chi connectivity index (χ1v) is 14.2. The number of amides is 1. The van der Waals surface area contributed by atoms with Gasteiger partial charge in [0.1, 0.15) is 6.54 Å². The minimum atomic E-state index is -1.08. The molecule has 0 aliphatic heterocycles. The zero-order valence-electron chi connectivity index (χ0n) is 23.5. The number of carboxylic acid groups (broad SMARTS) is 1. The molecule has 0 saturated heterocycles. The van der Waals surface area contributed by atoms with Crippen LogP contribution in [0.5, 0.6) is 0 Å². The van der Waals surface area contributed by atoms with Crippen molar-refractivity contribution >= 4 is 11.9 Å². The van der Waals surface area contributed by atoms with E-state index in [4.69, 9.17) is 9.90 Å². The lowest BCUT2D eigenvalue weighted by atomic mass is 10.1. The van der Waals surface area contributed by atoms with Gasteiger partial charge in [-0.2, -0.15) is 0 Å². The lowest BCUT2D eigenvalue weighted by Crippen LogP contribution is -2.54. The summed E-state index contributed by atoms with van der Waals surface area (Å²) in [5, 5.41) is 8.89. The highest BCUT2D eigenvalue weighted by molar-refractivity contribution is 5.74. The number of hydrogen-bond acceptors (Lipinski definition) is 3. The fourth-order valence-electron chi connectivity index (χ4n) is 4.07. The first kappa shape index (κ1) is 34.8. The second-order valence-electron chi connectivity index (χ2n) is 10.2. The van der Waals surface area contributed by atoms with Gasteiger partial charge in [0.2, 0.25) is 0 Å². The van der Waals surface area contributed by atoms with Crippen LogP contribution in [-0.2, 0) is 9.59 Å². The molecule has 0 unspecified atom stereocenters. The zero-order valence-corrected chi connectivity index (χ0v) is 23.5. The summed E-state index contributed by atoms with van der Waals surface area (Å²) in [4.78, 5) is 20.9.